The van der Waals surface area contributed by atoms with E-state index in [0.29, 0.717) is 5.56 Å². The Labute approximate surface area is 114 Å². The fourth-order valence-electron chi connectivity index (χ4n) is 2.13. The standard InChI is InChI=1S/C13H20N2O3S/c1-11(16)12-5-7-13(8-6-12)19(17,18)14-15-9-3-2-4-10-15/h5-8,11,14,16H,2-4,9-10H2,1H3. The van der Waals surface area contributed by atoms with Gasteiger partial charge in [-0.2, -0.15) is 0 Å². The molecule has 1 atom stereocenters. The summed E-state index contributed by atoms with van der Waals surface area (Å²) in [6.07, 6.45) is 2.60. The Balaban J connectivity index is 2.10. The third kappa shape index (κ3) is 3.76. The molecule has 1 saturated heterocycles. The van der Waals surface area contributed by atoms with Crippen LogP contribution in [0.1, 0.15) is 37.9 Å². The Morgan fingerprint density at radius 1 is 1.16 bits per heavy atom. The molecule has 1 unspecified atom stereocenters. The van der Waals surface area contributed by atoms with Gasteiger partial charge in [-0.3, -0.25) is 0 Å². The first-order chi connectivity index (χ1) is 8.99. The summed E-state index contributed by atoms with van der Waals surface area (Å²) in [6.45, 7) is 3.16. The van der Waals surface area contributed by atoms with E-state index in [-0.39, 0.29) is 4.90 Å². The van der Waals surface area contributed by atoms with E-state index >= 15 is 0 Å². The van der Waals surface area contributed by atoms with Crippen molar-refractivity contribution in [3.05, 3.63) is 29.8 Å². The van der Waals surface area contributed by atoms with Gasteiger partial charge in [0, 0.05) is 13.1 Å². The van der Waals surface area contributed by atoms with Crippen LogP contribution in [0.3, 0.4) is 0 Å². The summed E-state index contributed by atoms with van der Waals surface area (Å²) in [5.41, 5.74) is 0.705. The number of hydrogen-bond acceptors (Lipinski definition) is 4. The van der Waals surface area contributed by atoms with E-state index in [0.717, 1.165) is 32.4 Å². The van der Waals surface area contributed by atoms with Crippen molar-refractivity contribution in [2.75, 3.05) is 13.1 Å². The fraction of sp³-hybridized carbons (Fsp3) is 0.538. The number of piperidine rings is 1. The van der Waals surface area contributed by atoms with E-state index in [1.165, 1.54) is 12.1 Å². The van der Waals surface area contributed by atoms with Crippen molar-refractivity contribution >= 4 is 10.0 Å². The molecular weight excluding hydrogens is 264 g/mol. The summed E-state index contributed by atoms with van der Waals surface area (Å²) < 4.78 is 24.3. The first-order valence-electron chi connectivity index (χ1n) is 6.54. The SMILES string of the molecule is CC(O)c1ccc(S(=O)(=O)NN2CCCCC2)cc1. The third-order valence-corrected chi connectivity index (χ3v) is 4.67. The van der Waals surface area contributed by atoms with E-state index in [9.17, 15) is 13.5 Å². The lowest BCUT2D eigenvalue weighted by molar-refractivity contribution is 0.198. The Bertz CT molecular complexity index is 505. The molecule has 19 heavy (non-hydrogen) atoms. The van der Waals surface area contributed by atoms with Crippen molar-refractivity contribution < 1.29 is 13.5 Å². The highest BCUT2D eigenvalue weighted by molar-refractivity contribution is 7.89. The summed E-state index contributed by atoms with van der Waals surface area (Å²) in [6, 6.07) is 6.31. The highest BCUT2D eigenvalue weighted by atomic mass is 32.2. The smallest absolute Gasteiger partial charge is 0.253 e. The average molecular weight is 284 g/mol. The van der Waals surface area contributed by atoms with Crippen LogP contribution in [0.4, 0.5) is 0 Å². The number of rotatable bonds is 4. The van der Waals surface area contributed by atoms with Gasteiger partial charge < -0.3 is 5.11 Å². The van der Waals surface area contributed by atoms with Gasteiger partial charge in [-0.25, -0.2) is 13.4 Å². The maximum atomic E-state index is 12.2. The van der Waals surface area contributed by atoms with Gasteiger partial charge in [0.05, 0.1) is 11.0 Å². The number of nitrogens with one attached hydrogen (secondary N) is 1. The number of sulfonamides is 1. The molecule has 0 aliphatic carbocycles. The maximum absolute atomic E-state index is 12.2. The zero-order valence-electron chi connectivity index (χ0n) is 11.0. The molecule has 1 heterocycles. The van der Waals surface area contributed by atoms with Gasteiger partial charge in [-0.1, -0.05) is 18.6 Å². The van der Waals surface area contributed by atoms with E-state index in [4.69, 9.17) is 0 Å². The minimum Gasteiger partial charge on any atom is -0.389 e. The molecule has 2 N–H and O–H groups in total. The van der Waals surface area contributed by atoms with Crippen molar-refractivity contribution in [3.63, 3.8) is 0 Å². The second kappa shape index (κ2) is 6.00. The molecule has 6 heteroatoms. The lowest BCUT2D eigenvalue weighted by atomic mass is 10.1. The molecule has 1 aromatic carbocycles. The highest BCUT2D eigenvalue weighted by Crippen LogP contribution is 2.16. The molecule has 1 fully saturated rings. The zero-order chi connectivity index (χ0) is 13.9. The van der Waals surface area contributed by atoms with E-state index < -0.39 is 16.1 Å². The molecule has 1 aromatic rings. The summed E-state index contributed by atoms with van der Waals surface area (Å²) in [4.78, 5) is 2.83. The Morgan fingerprint density at radius 2 is 1.74 bits per heavy atom. The molecule has 106 valence electrons. The zero-order valence-corrected chi connectivity index (χ0v) is 11.9. The summed E-state index contributed by atoms with van der Waals surface area (Å²) in [5, 5.41) is 11.2. The van der Waals surface area contributed by atoms with E-state index in [1.54, 1.807) is 24.1 Å². The number of benzene rings is 1. The van der Waals surface area contributed by atoms with Gasteiger partial charge >= 0.3 is 0 Å². The van der Waals surface area contributed by atoms with Crippen LogP contribution in [0.2, 0.25) is 0 Å². The fourth-order valence-corrected chi connectivity index (χ4v) is 3.26. The summed E-state index contributed by atoms with van der Waals surface area (Å²) >= 11 is 0. The lowest BCUT2D eigenvalue weighted by Crippen LogP contribution is -2.44. The highest BCUT2D eigenvalue weighted by Gasteiger charge is 2.19. The number of aliphatic hydroxyl groups excluding tert-OH is 1. The Hall–Kier alpha value is -0.950. The first kappa shape index (κ1) is 14.5. The van der Waals surface area contributed by atoms with Crippen LogP contribution < -0.4 is 4.83 Å². The second-order valence-electron chi connectivity index (χ2n) is 4.89. The van der Waals surface area contributed by atoms with Gasteiger partial charge in [0.25, 0.3) is 10.0 Å². The van der Waals surface area contributed by atoms with Crippen molar-refractivity contribution in [2.24, 2.45) is 0 Å². The molecule has 1 aliphatic rings. The van der Waals surface area contributed by atoms with Gasteiger partial charge in [0.1, 0.15) is 0 Å². The van der Waals surface area contributed by atoms with Crippen molar-refractivity contribution in [1.82, 2.24) is 9.84 Å². The molecular formula is C13H20N2O3S. The van der Waals surface area contributed by atoms with Crippen LogP contribution in [0.15, 0.2) is 29.2 Å². The average Bonchev–Trinajstić information content (AvgIpc) is 2.39. The van der Waals surface area contributed by atoms with Gasteiger partial charge in [-0.05, 0) is 37.5 Å². The van der Waals surface area contributed by atoms with Crippen LogP contribution in [0, 0.1) is 0 Å². The summed E-state index contributed by atoms with van der Waals surface area (Å²) in [7, 11) is -3.51. The quantitative estimate of drug-likeness (QED) is 0.877. The minimum absolute atomic E-state index is 0.225. The topological polar surface area (TPSA) is 69.6 Å². The largest absolute Gasteiger partial charge is 0.389 e. The minimum atomic E-state index is -3.51. The first-order valence-corrected chi connectivity index (χ1v) is 8.03. The number of nitrogens with zero attached hydrogens (tertiary/aromatic N) is 1. The third-order valence-electron chi connectivity index (χ3n) is 3.28. The van der Waals surface area contributed by atoms with Gasteiger partial charge in [-0.15, -0.1) is 4.83 Å². The maximum Gasteiger partial charge on any atom is 0.253 e. The monoisotopic (exact) mass is 284 g/mol. The van der Waals surface area contributed by atoms with Crippen LogP contribution in [-0.2, 0) is 10.0 Å². The van der Waals surface area contributed by atoms with E-state index in [1.807, 2.05) is 0 Å². The van der Waals surface area contributed by atoms with Crippen molar-refractivity contribution in [3.8, 4) is 0 Å². The number of aliphatic hydroxyl groups is 1. The molecule has 0 bridgehead atoms. The van der Waals surface area contributed by atoms with Crippen molar-refractivity contribution in [2.45, 2.75) is 37.2 Å². The molecule has 2 rings (SSSR count). The molecule has 5 nitrogen and oxygen atoms in total. The van der Waals surface area contributed by atoms with Gasteiger partial charge in [0.2, 0.25) is 0 Å². The predicted octanol–water partition coefficient (Wildman–Crippen LogP) is 1.42. The molecule has 0 aromatic heterocycles. The molecule has 0 spiro atoms. The second-order valence-corrected chi connectivity index (χ2v) is 6.55. The van der Waals surface area contributed by atoms with Crippen LogP contribution in [0.5, 0.6) is 0 Å². The lowest BCUT2D eigenvalue weighted by Gasteiger charge is -2.26. The molecule has 0 amide bonds. The Morgan fingerprint density at radius 3 is 2.26 bits per heavy atom. The number of hydrogen-bond donors (Lipinski definition) is 2. The predicted molar refractivity (Wildman–Crippen MR) is 72.8 cm³/mol. The van der Waals surface area contributed by atoms with Crippen LogP contribution >= 0.6 is 0 Å². The molecule has 1 aliphatic heterocycles. The molecule has 0 saturated carbocycles. The van der Waals surface area contributed by atoms with Crippen LogP contribution in [0.25, 0.3) is 0 Å². The van der Waals surface area contributed by atoms with Crippen LogP contribution in [-0.4, -0.2) is 31.6 Å². The molecule has 0 radical (unpaired) electrons. The van der Waals surface area contributed by atoms with E-state index in [2.05, 4.69) is 4.83 Å². The Kier molecular flexibility index (Phi) is 4.57. The van der Waals surface area contributed by atoms with Crippen molar-refractivity contribution in [1.29, 1.82) is 0 Å². The van der Waals surface area contributed by atoms with Gasteiger partial charge in [0.15, 0.2) is 0 Å². The number of hydrazine groups is 1. The normalized spacial score (nSPS) is 19.3. The summed E-state index contributed by atoms with van der Waals surface area (Å²) in [5.74, 6) is 0.